The highest BCUT2D eigenvalue weighted by Gasteiger charge is 2.33. The summed E-state index contributed by atoms with van der Waals surface area (Å²) in [5.74, 6) is -0.345. The number of halogens is 3. The number of rotatable bonds is 4. The van der Waals surface area contributed by atoms with Gasteiger partial charge in [-0.25, -0.2) is 12.7 Å². The number of sulfonamides is 1. The van der Waals surface area contributed by atoms with Crippen LogP contribution in [0.3, 0.4) is 0 Å². The van der Waals surface area contributed by atoms with Crippen LogP contribution in [0.25, 0.3) is 0 Å². The standard InChI is InChI=1S/C15H21F3N2O2S/c1-11(19)13-5-3-7-20(9-13)23(21,22)10-12-4-2-6-14(8-12)15(16,17)18/h2,4,6,8,11,13H,3,5,7,9-10,19H2,1H3/t11-,13+/m1/s1. The average Bonchev–Trinajstić information content (AvgIpc) is 2.46. The molecule has 0 radical (unpaired) electrons. The van der Waals surface area contributed by atoms with Crippen molar-refractivity contribution < 1.29 is 21.6 Å². The molecule has 2 atom stereocenters. The van der Waals surface area contributed by atoms with Crippen LogP contribution >= 0.6 is 0 Å². The van der Waals surface area contributed by atoms with Crippen LogP contribution in [-0.2, 0) is 22.0 Å². The van der Waals surface area contributed by atoms with E-state index in [1.54, 1.807) is 0 Å². The Morgan fingerprint density at radius 1 is 1.39 bits per heavy atom. The molecule has 1 saturated heterocycles. The van der Waals surface area contributed by atoms with Crippen molar-refractivity contribution in [1.29, 1.82) is 0 Å². The summed E-state index contributed by atoms with van der Waals surface area (Å²) in [6.45, 7) is 2.57. The van der Waals surface area contributed by atoms with Crippen LogP contribution in [0.15, 0.2) is 24.3 Å². The first-order chi connectivity index (χ1) is 10.6. The minimum atomic E-state index is -4.48. The SMILES string of the molecule is C[C@@H](N)[C@H]1CCCN(S(=O)(=O)Cc2cccc(C(F)(F)F)c2)C1. The van der Waals surface area contributed by atoms with Gasteiger partial charge in [0.1, 0.15) is 0 Å². The predicted octanol–water partition coefficient (Wildman–Crippen LogP) is 2.59. The molecule has 2 rings (SSSR count). The second kappa shape index (κ2) is 6.78. The van der Waals surface area contributed by atoms with E-state index >= 15 is 0 Å². The van der Waals surface area contributed by atoms with Crippen LogP contribution in [0.1, 0.15) is 30.9 Å². The minimum absolute atomic E-state index is 0.0834. The van der Waals surface area contributed by atoms with Gasteiger partial charge in [0.2, 0.25) is 10.0 Å². The molecule has 130 valence electrons. The molecule has 0 saturated carbocycles. The van der Waals surface area contributed by atoms with E-state index in [-0.39, 0.29) is 17.5 Å². The third-order valence-electron chi connectivity index (χ3n) is 4.16. The molecule has 0 bridgehead atoms. The molecule has 4 nitrogen and oxygen atoms in total. The van der Waals surface area contributed by atoms with Crippen molar-refractivity contribution in [3.05, 3.63) is 35.4 Å². The summed E-state index contributed by atoms with van der Waals surface area (Å²) >= 11 is 0. The molecular formula is C15H21F3N2O2S. The topological polar surface area (TPSA) is 63.4 Å². The number of benzene rings is 1. The summed E-state index contributed by atoms with van der Waals surface area (Å²) in [5, 5.41) is 0. The fourth-order valence-corrected chi connectivity index (χ4v) is 4.40. The highest BCUT2D eigenvalue weighted by molar-refractivity contribution is 7.88. The summed E-state index contributed by atoms with van der Waals surface area (Å²) in [7, 11) is -3.65. The maximum absolute atomic E-state index is 12.7. The molecule has 1 aromatic carbocycles. The quantitative estimate of drug-likeness (QED) is 0.908. The molecule has 0 unspecified atom stereocenters. The zero-order valence-corrected chi connectivity index (χ0v) is 13.7. The molecule has 0 aromatic heterocycles. The van der Waals surface area contributed by atoms with Crippen molar-refractivity contribution >= 4 is 10.0 Å². The van der Waals surface area contributed by atoms with E-state index in [0.717, 1.165) is 18.6 Å². The van der Waals surface area contributed by atoms with E-state index in [1.807, 2.05) is 6.92 Å². The summed E-state index contributed by atoms with van der Waals surface area (Å²) in [5.41, 5.74) is 5.15. The molecular weight excluding hydrogens is 329 g/mol. The number of hydrogen-bond donors (Lipinski definition) is 1. The van der Waals surface area contributed by atoms with E-state index in [2.05, 4.69) is 0 Å². The lowest BCUT2D eigenvalue weighted by Crippen LogP contribution is -2.45. The smallest absolute Gasteiger partial charge is 0.328 e. The summed E-state index contributed by atoms with van der Waals surface area (Å²) in [6, 6.07) is 4.35. The molecule has 1 fully saturated rings. The van der Waals surface area contributed by atoms with Gasteiger partial charge in [-0.1, -0.05) is 18.2 Å². The van der Waals surface area contributed by atoms with Crippen molar-refractivity contribution in [2.45, 2.75) is 37.7 Å². The van der Waals surface area contributed by atoms with Gasteiger partial charge in [0, 0.05) is 19.1 Å². The van der Waals surface area contributed by atoms with Crippen LogP contribution in [0, 0.1) is 5.92 Å². The van der Waals surface area contributed by atoms with Gasteiger partial charge in [-0.05, 0) is 37.3 Å². The molecule has 1 aromatic rings. The largest absolute Gasteiger partial charge is 0.416 e. The number of nitrogens with two attached hydrogens (primary N) is 1. The number of hydrogen-bond acceptors (Lipinski definition) is 3. The molecule has 0 aliphatic carbocycles. The van der Waals surface area contributed by atoms with Crippen LogP contribution in [-0.4, -0.2) is 31.9 Å². The van der Waals surface area contributed by atoms with Crippen LogP contribution < -0.4 is 5.73 Å². The summed E-state index contributed by atoms with van der Waals surface area (Å²) in [4.78, 5) is 0. The van der Waals surface area contributed by atoms with E-state index < -0.39 is 27.5 Å². The maximum atomic E-state index is 12.7. The van der Waals surface area contributed by atoms with E-state index in [4.69, 9.17) is 5.73 Å². The Morgan fingerprint density at radius 2 is 2.09 bits per heavy atom. The van der Waals surface area contributed by atoms with Crippen LogP contribution in [0.2, 0.25) is 0 Å². The molecule has 1 aliphatic heterocycles. The number of piperidine rings is 1. The minimum Gasteiger partial charge on any atom is -0.328 e. The van der Waals surface area contributed by atoms with Crippen molar-refractivity contribution in [2.75, 3.05) is 13.1 Å². The lowest BCUT2D eigenvalue weighted by Gasteiger charge is -2.33. The van der Waals surface area contributed by atoms with E-state index in [0.29, 0.717) is 19.5 Å². The average molecular weight is 350 g/mol. The fourth-order valence-electron chi connectivity index (χ4n) is 2.80. The predicted molar refractivity (Wildman–Crippen MR) is 82.0 cm³/mol. The van der Waals surface area contributed by atoms with Gasteiger partial charge in [0.15, 0.2) is 0 Å². The molecule has 1 heterocycles. The van der Waals surface area contributed by atoms with Crippen LogP contribution in [0.5, 0.6) is 0 Å². The van der Waals surface area contributed by atoms with Gasteiger partial charge < -0.3 is 5.73 Å². The molecule has 0 amide bonds. The fraction of sp³-hybridized carbons (Fsp3) is 0.600. The van der Waals surface area contributed by atoms with Gasteiger partial charge in [-0.2, -0.15) is 13.2 Å². The first-order valence-corrected chi connectivity index (χ1v) is 9.10. The zero-order valence-electron chi connectivity index (χ0n) is 12.9. The lowest BCUT2D eigenvalue weighted by molar-refractivity contribution is -0.137. The molecule has 8 heteroatoms. The second-order valence-corrected chi connectivity index (χ2v) is 8.04. The first kappa shape index (κ1) is 18.2. The lowest BCUT2D eigenvalue weighted by atomic mass is 9.93. The highest BCUT2D eigenvalue weighted by atomic mass is 32.2. The summed E-state index contributed by atoms with van der Waals surface area (Å²) < 4.78 is 64.5. The van der Waals surface area contributed by atoms with Gasteiger partial charge in [0.05, 0.1) is 11.3 Å². The number of nitrogens with zero attached hydrogens (tertiary/aromatic N) is 1. The van der Waals surface area contributed by atoms with Gasteiger partial charge >= 0.3 is 6.18 Å². The molecule has 0 spiro atoms. The monoisotopic (exact) mass is 350 g/mol. The highest BCUT2D eigenvalue weighted by Crippen LogP contribution is 2.30. The van der Waals surface area contributed by atoms with Gasteiger partial charge in [-0.15, -0.1) is 0 Å². The van der Waals surface area contributed by atoms with Gasteiger partial charge in [-0.3, -0.25) is 0 Å². The molecule has 1 aliphatic rings. The third-order valence-corrected chi connectivity index (χ3v) is 5.98. The van der Waals surface area contributed by atoms with Crippen molar-refractivity contribution in [2.24, 2.45) is 11.7 Å². The third kappa shape index (κ3) is 4.68. The maximum Gasteiger partial charge on any atom is 0.416 e. The Morgan fingerprint density at radius 3 is 2.70 bits per heavy atom. The van der Waals surface area contributed by atoms with Crippen molar-refractivity contribution in [3.8, 4) is 0 Å². The summed E-state index contributed by atoms with van der Waals surface area (Å²) in [6.07, 6.45) is -2.90. The molecule has 23 heavy (non-hydrogen) atoms. The van der Waals surface area contributed by atoms with Crippen molar-refractivity contribution in [3.63, 3.8) is 0 Å². The van der Waals surface area contributed by atoms with E-state index in [9.17, 15) is 21.6 Å². The Hall–Kier alpha value is -1.12. The Labute approximate surface area is 134 Å². The Kier molecular flexibility index (Phi) is 5.37. The van der Waals surface area contributed by atoms with Crippen LogP contribution in [0.4, 0.5) is 13.2 Å². The van der Waals surface area contributed by atoms with E-state index in [1.165, 1.54) is 16.4 Å². The zero-order chi connectivity index (χ0) is 17.3. The Balaban J connectivity index is 2.15. The second-order valence-electron chi connectivity index (χ2n) is 6.07. The Bertz CT molecular complexity index is 644. The normalized spacial score (nSPS) is 22.0. The van der Waals surface area contributed by atoms with Crippen molar-refractivity contribution in [1.82, 2.24) is 4.31 Å². The molecule has 2 N–H and O–H groups in total. The van der Waals surface area contributed by atoms with Gasteiger partial charge in [0.25, 0.3) is 0 Å². The first-order valence-electron chi connectivity index (χ1n) is 7.49. The number of alkyl halides is 3.